The van der Waals surface area contributed by atoms with Crippen LogP contribution in [-0.4, -0.2) is 38.3 Å². The van der Waals surface area contributed by atoms with Crippen molar-refractivity contribution >= 4 is 37.5 Å². The maximum atomic E-state index is 12.7. The van der Waals surface area contributed by atoms with Crippen LogP contribution in [0.4, 0.5) is 14.5 Å². The van der Waals surface area contributed by atoms with Crippen molar-refractivity contribution in [3.8, 4) is 5.75 Å². The predicted molar refractivity (Wildman–Crippen MR) is 103 cm³/mol. The third-order valence-corrected chi connectivity index (χ3v) is 6.81. The van der Waals surface area contributed by atoms with Crippen LogP contribution in [0.25, 0.3) is 0 Å². The Morgan fingerprint density at radius 1 is 1.11 bits per heavy atom. The molecule has 2 aromatic rings. The first-order chi connectivity index (χ1) is 13.3. The van der Waals surface area contributed by atoms with E-state index in [0.717, 1.165) is 12.8 Å². The molecule has 6 nitrogen and oxygen atoms in total. The molecule has 10 heteroatoms. The number of hydrogen-bond acceptors (Lipinski definition) is 4. The van der Waals surface area contributed by atoms with Crippen molar-refractivity contribution in [2.75, 3.05) is 18.4 Å². The lowest BCUT2D eigenvalue weighted by Gasteiger charge is -2.16. The Bertz CT molecular complexity index is 962. The summed E-state index contributed by atoms with van der Waals surface area (Å²) < 4.78 is 55.9. The van der Waals surface area contributed by atoms with E-state index in [9.17, 15) is 22.0 Å². The molecule has 1 saturated heterocycles. The van der Waals surface area contributed by atoms with Crippen LogP contribution in [0.3, 0.4) is 0 Å². The van der Waals surface area contributed by atoms with Crippen LogP contribution in [0, 0.1) is 0 Å². The molecule has 1 aliphatic heterocycles. The lowest BCUT2D eigenvalue weighted by Crippen LogP contribution is -2.28. The first kappa shape index (κ1) is 20.7. The average Bonchev–Trinajstić information content (AvgIpc) is 3.18. The smallest absolute Gasteiger partial charge is 0.387 e. The number of halogens is 3. The maximum Gasteiger partial charge on any atom is 0.387 e. The van der Waals surface area contributed by atoms with E-state index >= 15 is 0 Å². The molecule has 1 amide bonds. The maximum absolute atomic E-state index is 12.7. The molecule has 0 atom stereocenters. The molecule has 0 aromatic heterocycles. The van der Waals surface area contributed by atoms with Crippen molar-refractivity contribution in [1.29, 1.82) is 0 Å². The molecule has 1 fully saturated rings. The number of ether oxygens (including phenoxy) is 1. The summed E-state index contributed by atoms with van der Waals surface area (Å²) >= 11 is 3.26. The lowest BCUT2D eigenvalue weighted by atomic mass is 10.2. The molecule has 150 valence electrons. The van der Waals surface area contributed by atoms with Gasteiger partial charge in [-0.2, -0.15) is 13.1 Å². The van der Waals surface area contributed by atoms with E-state index in [0.29, 0.717) is 23.2 Å². The molecule has 3 rings (SSSR count). The Morgan fingerprint density at radius 3 is 2.36 bits per heavy atom. The Hall–Kier alpha value is -2.04. The van der Waals surface area contributed by atoms with Crippen molar-refractivity contribution < 1.29 is 26.7 Å². The third-order valence-electron chi connectivity index (χ3n) is 4.22. The highest BCUT2D eigenvalue weighted by atomic mass is 79.9. The minimum absolute atomic E-state index is 0.0344. The van der Waals surface area contributed by atoms with Crippen LogP contribution in [0.1, 0.15) is 23.2 Å². The number of alkyl halides is 2. The summed E-state index contributed by atoms with van der Waals surface area (Å²) in [5.74, 6) is -0.569. The zero-order valence-electron chi connectivity index (χ0n) is 14.6. The highest BCUT2D eigenvalue weighted by molar-refractivity contribution is 9.10. The summed E-state index contributed by atoms with van der Waals surface area (Å²) in [5.41, 5.74) is 0.500. The quantitative estimate of drug-likeness (QED) is 0.683. The first-order valence-electron chi connectivity index (χ1n) is 8.43. The molecule has 1 N–H and O–H groups in total. The summed E-state index contributed by atoms with van der Waals surface area (Å²) in [6.07, 6.45) is 1.63. The number of nitrogens with one attached hydrogen (secondary N) is 1. The number of anilines is 1. The van der Waals surface area contributed by atoms with Crippen LogP contribution in [0.2, 0.25) is 0 Å². The van der Waals surface area contributed by atoms with Gasteiger partial charge in [0.05, 0.1) is 10.5 Å². The Morgan fingerprint density at radius 2 is 1.75 bits per heavy atom. The van der Waals surface area contributed by atoms with Crippen LogP contribution in [-0.2, 0) is 10.0 Å². The van der Waals surface area contributed by atoms with Gasteiger partial charge in [-0.3, -0.25) is 4.79 Å². The summed E-state index contributed by atoms with van der Waals surface area (Å²) in [5, 5.41) is 2.61. The van der Waals surface area contributed by atoms with E-state index in [1.54, 1.807) is 0 Å². The van der Waals surface area contributed by atoms with Gasteiger partial charge in [-0.25, -0.2) is 8.42 Å². The highest BCUT2D eigenvalue weighted by Crippen LogP contribution is 2.26. The summed E-state index contributed by atoms with van der Waals surface area (Å²) in [4.78, 5) is 12.6. The second-order valence-corrected chi connectivity index (χ2v) is 8.90. The third kappa shape index (κ3) is 4.68. The molecule has 0 radical (unpaired) electrons. The Labute approximate surface area is 169 Å². The number of amides is 1. The largest absolute Gasteiger partial charge is 0.435 e. The fourth-order valence-corrected chi connectivity index (χ4v) is 4.81. The normalized spacial score (nSPS) is 15.0. The van der Waals surface area contributed by atoms with Gasteiger partial charge in [-0.1, -0.05) is 0 Å². The lowest BCUT2D eigenvalue weighted by molar-refractivity contribution is -0.0498. The molecule has 0 bridgehead atoms. The monoisotopic (exact) mass is 474 g/mol. The van der Waals surface area contributed by atoms with E-state index in [-0.39, 0.29) is 16.2 Å². The van der Waals surface area contributed by atoms with Gasteiger partial charge in [0.15, 0.2) is 0 Å². The van der Waals surface area contributed by atoms with E-state index in [1.807, 2.05) is 0 Å². The predicted octanol–water partition coefficient (Wildman–Crippen LogP) is 4.09. The van der Waals surface area contributed by atoms with Gasteiger partial charge < -0.3 is 10.1 Å². The zero-order valence-corrected chi connectivity index (χ0v) is 17.0. The summed E-state index contributed by atoms with van der Waals surface area (Å²) in [7, 11) is -3.66. The van der Waals surface area contributed by atoms with Crippen LogP contribution in [0.5, 0.6) is 5.75 Å². The Balaban J connectivity index is 1.80. The second-order valence-electron chi connectivity index (χ2n) is 6.11. The summed E-state index contributed by atoms with van der Waals surface area (Å²) in [6, 6.07) is 9.70. The molecule has 1 heterocycles. The van der Waals surface area contributed by atoms with Gasteiger partial charge in [0, 0.05) is 23.2 Å². The van der Waals surface area contributed by atoms with Crippen LogP contribution < -0.4 is 10.1 Å². The van der Waals surface area contributed by atoms with Gasteiger partial charge >= 0.3 is 6.61 Å². The van der Waals surface area contributed by atoms with Gasteiger partial charge in [-0.05, 0) is 71.2 Å². The Kier molecular flexibility index (Phi) is 6.31. The molecule has 0 aliphatic carbocycles. The van der Waals surface area contributed by atoms with Crippen molar-refractivity contribution in [2.24, 2.45) is 0 Å². The standard InChI is InChI=1S/C18H17BrF2N2O4S/c19-16-8-7-14(28(25,26)23-9-1-2-10-23)11-15(16)17(24)22-12-3-5-13(6-4-12)27-18(20)21/h3-8,11,18H,1-2,9-10H2,(H,22,24). The summed E-state index contributed by atoms with van der Waals surface area (Å²) in [6.45, 7) is -2.00. The van der Waals surface area contributed by atoms with Crippen molar-refractivity contribution in [3.63, 3.8) is 0 Å². The minimum atomic E-state index is -3.66. The molecular formula is C18H17BrF2N2O4S. The van der Waals surface area contributed by atoms with Crippen molar-refractivity contribution in [1.82, 2.24) is 4.31 Å². The zero-order chi connectivity index (χ0) is 20.3. The average molecular weight is 475 g/mol. The first-order valence-corrected chi connectivity index (χ1v) is 10.7. The molecule has 0 spiro atoms. The van der Waals surface area contributed by atoms with E-state index in [2.05, 4.69) is 26.0 Å². The van der Waals surface area contributed by atoms with Crippen molar-refractivity contribution in [3.05, 3.63) is 52.5 Å². The van der Waals surface area contributed by atoms with Crippen LogP contribution >= 0.6 is 15.9 Å². The molecule has 2 aromatic carbocycles. The van der Waals surface area contributed by atoms with E-state index < -0.39 is 22.5 Å². The van der Waals surface area contributed by atoms with Crippen molar-refractivity contribution in [2.45, 2.75) is 24.3 Å². The number of nitrogens with zero attached hydrogens (tertiary/aromatic N) is 1. The molecular weight excluding hydrogens is 458 g/mol. The topological polar surface area (TPSA) is 75.7 Å². The SMILES string of the molecule is O=C(Nc1ccc(OC(F)F)cc1)c1cc(S(=O)(=O)N2CCCC2)ccc1Br. The molecule has 0 saturated carbocycles. The minimum Gasteiger partial charge on any atom is -0.435 e. The number of sulfonamides is 1. The fourth-order valence-electron chi connectivity index (χ4n) is 2.83. The molecule has 1 aliphatic rings. The van der Waals surface area contributed by atoms with Crippen LogP contribution in [0.15, 0.2) is 51.8 Å². The number of benzene rings is 2. The van der Waals surface area contributed by atoms with Gasteiger partial charge in [-0.15, -0.1) is 0 Å². The number of carbonyl (C=O) groups is 1. The van der Waals surface area contributed by atoms with Gasteiger partial charge in [0.25, 0.3) is 5.91 Å². The van der Waals surface area contributed by atoms with E-state index in [1.165, 1.54) is 46.8 Å². The number of hydrogen-bond donors (Lipinski definition) is 1. The second kappa shape index (κ2) is 8.54. The van der Waals surface area contributed by atoms with Gasteiger partial charge in [0.2, 0.25) is 10.0 Å². The van der Waals surface area contributed by atoms with Gasteiger partial charge in [0.1, 0.15) is 5.75 Å². The van der Waals surface area contributed by atoms with E-state index in [4.69, 9.17) is 0 Å². The fraction of sp³-hybridized carbons (Fsp3) is 0.278. The molecule has 28 heavy (non-hydrogen) atoms. The number of carbonyl (C=O) groups excluding carboxylic acids is 1. The molecule has 0 unspecified atom stereocenters. The number of rotatable bonds is 6. The highest BCUT2D eigenvalue weighted by Gasteiger charge is 2.28.